The summed E-state index contributed by atoms with van der Waals surface area (Å²) < 4.78 is 0. The summed E-state index contributed by atoms with van der Waals surface area (Å²) in [4.78, 5) is 2.49. The van der Waals surface area contributed by atoms with Gasteiger partial charge in [0.15, 0.2) is 0 Å². The zero-order valence-corrected chi connectivity index (χ0v) is 11.0. The molecule has 0 amide bonds. The van der Waals surface area contributed by atoms with E-state index in [9.17, 15) is 0 Å². The molecule has 1 aromatic rings. The first-order valence-electron chi connectivity index (χ1n) is 6.72. The Morgan fingerprint density at radius 3 is 3.06 bits per heavy atom. The number of likely N-dealkylation sites (tertiary alicyclic amines) is 1. The van der Waals surface area contributed by atoms with Gasteiger partial charge in [-0.2, -0.15) is 5.26 Å². The highest BCUT2D eigenvalue weighted by atomic mass is 15.2. The van der Waals surface area contributed by atoms with Crippen molar-refractivity contribution in [2.75, 3.05) is 13.1 Å². The van der Waals surface area contributed by atoms with Gasteiger partial charge in [0.2, 0.25) is 0 Å². The summed E-state index contributed by atoms with van der Waals surface area (Å²) in [6.07, 6.45) is 3.72. The van der Waals surface area contributed by atoms with Crippen molar-refractivity contribution in [2.45, 2.75) is 38.3 Å². The lowest BCUT2D eigenvalue weighted by molar-refractivity contribution is 0.108. The molecule has 0 aromatic heterocycles. The van der Waals surface area contributed by atoms with Gasteiger partial charge in [0, 0.05) is 18.6 Å². The number of hydrogen-bond acceptors (Lipinski definition) is 3. The molecule has 96 valence electrons. The Morgan fingerprint density at radius 2 is 2.33 bits per heavy atom. The van der Waals surface area contributed by atoms with Crippen molar-refractivity contribution in [3.05, 3.63) is 35.4 Å². The number of benzene rings is 1. The highest BCUT2D eigenvalue weighted by Gasteiger charge is 2.26. The Bertz CT molecular complexity index is 436. The molecule has 1 saturated heterocycles. The summed E-state index contributed by atoms with van der Waals surface area (Å²) in [6.45, 7) is 4.05. The maximum atomic E-state index is 8.97. The van der Waals surface area contributed by atoms with Gasteiger partial charge in [0.1, 0.15) is 0 Å². The second-order valence-electron chi connectivity index (χ2n) is 5.04. The molecule has 1 heterocycles. The van der Waals surface area contributed by atoms with Crippen LogP contribution in [0.5, 0.6) is 0 Å². The van der Waals surface area contributed by atoms with Crippen LogP contribution in [0.2, 0.25) is 0 Å². The minimum atomic E-state index is 0.340. The largest absolute Gasteiger partial charge is 0.329 e. The molecule has 3 nitrogen and oxygen atoms in total. The molecule has 0 saturated carbocycles. The molecule has 0 spiro atoms. The molecule has 1 aliphatic rings. The van der Waals surface area contributed by atoms with Gasteiger partial charge in [-0.1, -0.05) is 18.6 Å². The highest BCUT2D eigenvalue weighted by Crippen LogP contribution is 2.28. The summed E-state index contributed by atoms with van der Waals surface area (Å²) >= 11 is 0. The van der Waals surface area contributed by atoms with E-state index in [1.807, 2.05) is 18.2 Å². The first-order valence-corrected chi connectivity index (χ1v) is 6.72. The Balaban J connectivity index is 2.18. The topological polar surface area (TPSA) is 53.0 Å². The number of piperidine rings is 1. The van der Waals surface area contributed by atoms with E-state index in [0.717, 1.165) is 18.7 Å². The zero-order chi connectivity index (χ0) is 13.0. The summed E-state index contributed by atoms with van der Waals surface area (Å²) in [5.74, 6) is 0. The van der Waals surface area contributed by atoms with Crippen molar-refractivity contribution >= 4 is 0 Å². The van der Waals surface area contributed by atoms with Crippen molar-refractivity contribution < 1.29 is 0 Å². The normalized spacial score (nSPS) is 22.4. The third-order valence-corrected chi connectivity index (χ3v) is 3.94. The molecule has 0 aliphatic carbocycles. The van der Waals surface area contributed by atoms with Crippen LogP contribution in [0.25, 0.3) is 0 Å². The van der Waals surface area contributed by atoms with Crippen LogP contribution < -0.4 is 5.73 Å². The molecule has 1 aromatic carbocycles. The van der Waals surface area contributed by atoms with E-state index >= 15 is 0 Å². The lowest BCUT2D eigenvalue weighted by atomic mass is 9.96. The van der Waals surface area contributed by atoms with Crippen LogP contribution in [0.15, 0.2) is 24.3 Å². The van der Waals surface area contributed by atoms with E-state index in [2.05, 4.69) is 24.0 Å². The molecule has 0 bridgehead atoms. The van der Waals surface area contributed by atoms with E-state index in [0.29, 0.717) is 12.1 Å². The Kier molecular flexibility index (Phi) is 4.35. The van der Waals surface area contributed by atoms with Crippen LogP contribution in [0.3, 0.4) is 0 Å². The van der Waals surface area contributed by atoms with Gasteiger partial charge in [0.05, 0.1) is 11.6 Å². The standard InChI is InChI=1S/C15H21N3/c1-12(14-6-4-5-13(9-14)10-16)18-8-3-2-7-15(18)11-17/h4-6,9,12,15H,2-3,7-8,11,17H2,1H3. The smallest absolute Gasteiger partial charge is 0.0991 e. The molecule has 2 atom stereocenters. The molecule has 1 aliphatic heterocycles. The van der Waals surface area contributed by atoms with Gasteiger partial charge in [-0.25, -0.2) is 0 Å². The molecular weight excluding hydrogens is 222 g/mol. The molecule has 3 heteroatoms. The van der Waals surface area contributed by atoms with Crippen LogP contribution in [-0.2, 0) is 0 Å². The number of nitriles is 1. The van der Waals surface area contributed by atoms with Crippen LogP contribution >= 0.6 is 0 Å². The molecule has 0 radical (unpaired) electrons. The van der Waals surface area contributed by atoms with E-state index in [1.165, 1.54) is 24.8 Å². The predicted octanol–water partition coefficient (Wildman–Crippen LogP) is 2.43. The molecule has 2 unspecified atom stereocenters. The zero-order valence-electron chi connectivity index (χ0n) is 11.0. The number of rotatable bonds is 3. The van der Waals surface area contributed by atoms with Crippen LogP contribution in [-0.4, -0.2) is 24.0 Å². The SMILES string of the molecule is CC(c1cccc(C#N)c1)N1CCCCC1CN. The summed E-state index contributed by atoms with van der Waals surface area (Å²) in [7, 11) is 0. The summed E-state index contributed by atoms with van der Waals surface area (Å²) in [5.41, 5.74) is 7.83. The van der Waals surface area contributed by atoms with Crippen molar-refractivity contribution in [2.24, 2.45) is 5.73 Å². The molecule has 1 fully saturated rings. The lowest BCUT2D eigenvalue weighted by Gasteiger charge is -2.39. The first kappa shape index (κ1) is 13.1. The lowest BCUT2D eigenvalue weighted by Crippen LogP contribution is -2.45. The van der Waals surface area contributed by atoms with Gasteiger partial charge in [-0.15, -0.1) is 0 Å². The second kappa shape index (κ2) is 5.99. The van der Waals surface area contributed by atoms with E-state index in [1.54, 1.807) is 0 Å². The van der Waals surface area contributed by atoms with Crippen LogP contribution in [0.4, 0.5) is 0 Å². The van der Waals surface area contributed by atoms with Crippen molar-refractivity contribution in [1.29, 1.82) is 5.26 Å². The van der Waals surface area contributed by atoms with Crippen molar-refractivity contribution in [3.8, 4) is 6.07 Å². The number of nitrogens with zero attached hydrogens (tertiary/aromatic N) is 2. The predicted molar refractivity (Wildman–Crippen MR) is 73.0 cm³/mol. The molecular formula is C15H21N3. The fourth-order valence-corrected chi connectivity index (χ4v) is 2.85. The fourth-order valence-electron chi connectivity index (χ4n) is 2.85. The fraction of sp³-hybridized carbons (Fsp3) is 0.533. The number of nitrogens with two attached hydrogens (primary N) is 1. The van der Waals surface area contributed by atoms with Gasteiger partial charge < -0.3 is 5.73 Å². The second-order valence-corrected chi connectivity index (χ2v) is 5.04. The highest BCUT2D eigenvalue weighted by molar-refractivity contribution is 5.34. The van der Waals surface area contributed by atoms with Crippen molar-refractivity contribution in [3.63, 3.8) is 0 Å². The maximum absolute atomic E-state index is 8.97. The molecule has 2 rings (SSSR count). The summed E-state index contributed by atoms with van der Waals surface area (Å²) in [6, 6.07) is 10.9. The first-order chi connectivity index (χ1) is 8.76. The van der Waals surface area contributed by atoms with E-state index in [-0.39, 0.29) is 0 Å². The van der Waals surface area contributed by atoms with Gasteiger partial charge >= 0.3 is 0 Å². The minimum absolute atomic E-state index is 0.340. The Hall–Kier alpha value is -1.37. The average Bonchev–Trinajstić information content (AvgIpc) is 2.46. The quantitative estimate of drug-likeness (QED) is 0.887. The third kappa shape index (κ3) is 2.72. The van der Waals surface area contributed by atoms with Crippen LogP contribution in [0, 0.1) is 11.3 Å². The number of hydrogen-bond donors (Lipinski definition) is 1. The van der Waals surface area contributed by atoms with Gasteiger partial charge in [0.25, 0.3) is 0 Å². The maximum Gasteiger partial charge on any atom is 0.0991 e. The summed E-state index contributed by atoms with van der Waals surface area (Å²) in [5, 5.41) is 8.97. The van der Waals surface area contributed by atoms with Gasteiger partial charge in [-0.3, -0.25) is 4.90 Å². The minimum Gasteiger partial charge on any atom is -0.329 e. The Morgan fingerprint density at radius 1 is 1.50 bits per heavy atom. The van der Waals surface area contributed by atoms with Crippen molar-refractivity contribution in [1.82, 2.24) is 4.90 Å². The van der Waals surface area contributed by atoms with E-state index < -0.39 is 0 Å². The monoisotopic (exact) mass is 243 g/mol. The Labute approximate surface area is 109 Å². The molecule has 2 N–H and O–H groups in total. The third-order valence-electron chi connectivity index (χ3n) is 3.94. The molecule has 18 heavy (non-hydrogen) atoms. The van der Waals surface area contributed by atoms with E-state index in [4.69, 9.17) is 11.0 Å². The average molecular weight is 243 g/mol. The van der Waals surface area contributed by atoms with Crippen LogP contribution in [0.1, 0.15) is 43.4 Å². The van der Waals surface area contributed by atoms with Gasteiger partial charge in [-0.05, 0) is 44.0 Å².